The number of halogens is 4. The van der Waals surface area contributed by atoms with Crippen LogP contribution in [0.3, 0.4) is 0 Å². The number of aromatic amines is 1. The fourth-order valence-electron chi connectivity index (χ4n) is 8.78. The second-order valence-corrected chi connectivity index (χ2v) is 16.0. The van der Waals surface area contributed by atoms with Crippen LogP contribution in [0.25, 0.3) is 0 Å². The van der Waals surface area contributed by atoms with Gasteiger partial charge in [-0.3, -0.25) is 19.2 Å². The van der Waals surface area contributed by atoms with Crippen molar-refractivity contribution in [2.75, 3.05) is 24.6 Å². The van der Waals surface area contributed by atoms with Crippen molar-refractivity contribution in [1.82, 2.24) is 9.88 Å². The Morgan fingerprint density at radius 2 is 1.72 bits per heavy atom. The van der Waals surface area contributed by atoms with Crippen LogP contribution >= 0.6 is 39.0 Å². The van der Waals surface area contributed by atoms with E-state index in [4.69, 9.17) is 4.74 Å². The van der Waals surface area contributed by atoms with Gasteiger partial charge in [0.05, 0.1) is 28.1 Å². The van der Waals surface area contributed by atoms with Crippen LogP contribution in [0.2, 0.25) is 0 Å². The highest BCUT2D eigenvalue weighted by Gasteiger charge is 2.70. The van der Waals surface area contributed by atoms with Gasteiger partial charge in [-0.1, -0.05) is 39.4 Å². The Morgan fingerprint density at radius 3 is 2.47 bits per heavy atom. The van der Waals surface area contributed by atoms with Crippen LogP contribution < -0.4 is 14.5 Å². The summed E-state index contributed by atoms with van der Waals surface area (Å²) >= 11 is 6.17. The molecule has 47 heavy (non-hydrogen) atoms. The van der Waals surface area contributed by atoms with Gasteiger partial charge < -0.3 is 14.6 Å². The summed E-state index contributed by atoms with van der Waals surface area (Å²) in [5.74, 6) is -3.47. The van der Waals surface area contributed by atoms with Crippen molar-refractivity contribution >= 4 is 62.4 Å². The Morgan fingerprint density at radius 1 is 1.00 bits per heavy atom. The molecule has 3 amide bonds. The molecule has 0 spiro atoms. The van der Waals surface area contributed by atoms with Crippen molar-refractivity contribution in [1.29, 1.82) is 0 Å². The van der Waals surface area contributed by atoms with Crippen molar-refractivity contribution < 1.29 is 32.3 Å². The molecule has 2 aromatic carbocycles. The molecule has 3 aromatic rings. The summed E-state index contributed by atoms with van der Waals surface area (Å²) in [6.45, 7) is 1.25. The van der Waals surface area contributed by atoms with E-state index >= 15 is 0 Å². The van der Waals surface area contributed by atoms with Gasteiger partial charge in [-0.05, 0) is 73.8 Å². The van der Waals surface area contributed by atoms with Crippen molar-refractivity contribution in [3.05, 3.63) is 72.6 Å². The topological polar surface area (TPSA) is 99.8 Å². The van der Waals surface area contributed by atoms with Gasteiger partial charge in [-0.2, -0.15) is 13.2 Å². The number of ether oxygens (including phenoxy) is 1. The zero-order valence-electron chi connectivity index (χ0n) is 24.8. The van der Waals surface area contributed by atoms with Gasteiger partial charge in [0.15, 0.2) is 6.61 Å². The van der Waals surface area contributed by atoms with Gasteiger partial charge in [-0.15, -0.1) is 11.8 Å². The first-order chi connectivity index (χ1) is 22.5. The third kappa shape index (κ3) is 4.99. The number of carbonyl (C=O) groups is 3. The van der Waals surface area contributed by atoms with Crippen molar-refractivity contribution in [2.45, 2.75) is 48.1 Å². The fourth-order valence-corrected chi connectivity index (χ4v) is 12.0. The summed E-state index contributed by atoms with van der Waals surface area (Å²) in [6.07, 6.45) is -1.15. The molecule has 1 N–H and O–H groups in total. The number of benzene rings is 2. The maximum atomic E-state index is 14.1. The van der Waals surface area contributed by atoms with Gasteiger partial charge in [0.1, 0.15) is 5.75 Å². The molecule has 2 aliphatic carbocycles. The molecule has 4 heterocycles. The molecular formula is C33H29BrF3N3O5S2. The lowest BCUT2D eigenvalue weighted by atomic mass is 9.68. The summed E-state index contributed by atoms with van der Waals surface area (Å²) in [6, 6.07) is 10.3. The lowest BCUT2D eigenvalue weighted by Gasteiger charge is -2.43. The van der Waals surface area contributed by atoms with E-state index in [2.05, 4.69) is 20.9 Å². The van der Waals surface area contributed by atoms with E-state index in [-0.39, 0.29) is 40.4 Å². The van der Waals surface area contributed by atoms with Crippen LogP contribution in [-0.2, 0) is 20.6 Å². The number of rotatable bonds is 5. The number of amides is 3. The number of thioether (sulfide) groups is 1. The Kier molecular flexibility index (Phi) is 7.64. The standard InChI is InChI=1S/C33H29BrF3N3O5S2/c34-15-8-9-21(45-14-22(41)39-10-4-1-5-11-39)16(12-15)23-24-17-13-18(27(24)46-29-28(23)47-32(44)38-29)26-25(17)30(42)40(31(26)43)20-7-3-2-6-19(20)33(35,36)37/h2-3,6-9,12,17-18,23-27H,1,4-5,10-11,13-14H2,(H,38,44)/t17-,18-,23-,24?,25?,26?,27?/m1/s1. The largest absolute Gasteiger partial charge is 0.483 e. The maximum absolute atomic E-state index is 14.1. The number of fused-ring (bicyclic) bond motifs is 9. The molecule has 1 aromatic heterocycles. The zero-order chi connectivity index (χ0) is 32.8. The van der Waals surface area contributed by atoms with Crippen molar-refractivity contribution in [3.63, 3.8) is 0 Å². The first-order valence-corrected chi connectivity index (χ1v) is 18.2. The second-order valence-electron chi connectivity index (χ2n) is 12.9. The monoisotopic (exact) mass is 747 g/mol. The molecule has 0 radical (unpaired) electrons. The molecule has 14 heteroatoms. The van der Waals surface area contributed by atoms with Crippen LogP contribution in [0.15, 0.2) is 56.8 Å². The predicted molar refractivity (Wildman–Crippen MR) is 172 cm³/mol. The minimum Gasteiger partial charge on any atom is -0.483 e. The highest BCUT2D eigenvalue weighted by Crippen LogP contribution is 2.69. The van der Waals surface area contributed by atoms with Crippen LogP contribution in [0, 0.1) is 29.6 Å². The molecule has 2 saturated heterocycles. The summed E-state index contributed by atoms with van der Waals surface area (Å²) in [4.78, 5) is 59.9. The summed E-state index contributed by atoms with van der Waals surface area (Å²) in [5, 5.41) is 0.530. The third-order valence-corrected chi connectivity index (χ3v) is 13.6. The number of anilines is 1. The van der Waals surface area contributed by atoms with Crippen LogP contribution in [-0.4, -0.2) is 52.6 Å². The molecule has 4 unspecified atom stereocenters. The van der Waals surface area contributed by atoms with Gasteiger partial charge in [0.25, 0.3) is 5.91 Å². The summed E-state index contributed by atoms with van der Waals surface area (Å²) in [5.41, 5.74) is -0.688. The molecule has 7 atom stereocenters. The number of nitrogens with one attached hydrogen (secondary N) is 1. The number of carbonyl (C=O) groups excluding carboxylic acids is 3. The SMILES string of the molecule is O=C(COc1ccc(Br)cc1[C@H]1c2sc(=O)[nH]c2SC2C1[C@H]1C[C@@H]2C2C(=O)N(c3ccccc3C(F)(F)F)C(=O)C21)N1CCCCC1. The molecule has 4 fully saturated rings. The molecule has 3 aliphatic heterocycles. The molecule has 2 saturated carbocycles. The van der Waals surface area contributed by atoms with E-state index in [1.165, 1.54) is 30.0 Å². The van der Waals surface area contributed by atoms with Crippen LogP contribution in [0.4, 0.5) is 18.9 Å². The zero-order valence-corrected chi connectivity index (χ0v) is 28.0. The number of thiazole rings is 1. The first kappa shape index (κ1) is 31.2. The number of piperidine rings is 1. The average molecular weight is 749 g/mol. The number of hydrogen-bond acceptors (Lipinski definition) is 7. The molecule has 8 rings (SSSR count). The minimum atomic E-state index is -4.74. The van der Waals surface area contributed by atoms with E-state index < -0.39 is 47.0 Å². The number of hydrogen-bond donors (Lipinski definition) is 1. The highest BCUT2D eigenvalue weighted by atomic mass is 79.9. The van der Waals surface area contributed by atoms with Gasteiger partial charge in [0.2, 0.25) is 11.8 Å². The number of para-hydroxylation sites is 1. The quantitative estimate of drug-likeness (QED) is 0.309. The summed E-state index contributed by atoms with van der Waals surface area (Å²) < 4.78 is 49.0. The smallest absolute Gasteiger partial charge is 0.418 e. The molecule has 2 bridgehead atoms. The van der Waals surface area contributed by atoms with Gasteiger partial charge in [0, 0.05) is 39.2 Å². The Labute approximate surface area is 284 Å². The molecule has 8 nitrogen and oxygen atoms in total. The van der Waals surface area contributed by atoms with Crippen LogP contribution in [0.5, 0.6) is 5.75 Å². The number of likely N-dealkylation sites (tertiary alicyclic amines) is 1. The first-order valence-electron chi connectivity index (χ1n) is 15.7. The lowest BCUT2D eigenvalue weighted by molar-refractivity contribution is -0.137. The number of imide groups is 1. The highest BCUT2D eigenvalue weighted by molar-refractivity contribution is 9.10. The lowest BCUT2D eigenvalue weighted by Crippen LogP contribution is -2.43. The van der Waals surface area contributed by atoms with Gasteiger partial charge >= 0.3 is 11.0 Å². The van der Waals surface area contributed by atoms with Crippen molar-refractivity contribution in [3.8, 4) is 5.75 Å². The average Bonchev–Trinajstić information content (AvgIpc) is 3.79. The van der Waals surface area contributed by atoms with E-state index in [0.717, 1.165) is 56.5 Å². The van der Waals surface area contributed by atoms with E-state index in [1.807, 2.05) is 17.0 Å². The number of H-pyrrole nitrogens is 1. The predicted octanol–water partition coefficient (Wildman–Crippen LogP) is 6.29. The van der Waals surface area contributed by atoms with E-state index in [0.29, 0.717) is 30.3 Å². The maximum Gasteiger partial charge on any atom is 0.418 e. The van der Waals surface area contributed by atoms with Crippen LogP contribution in [0.1, 0.15) is 47.6 Å². The second kappa shape index (κ2) is 11.5. The number of alkyl halides is 3. The Balaban J connectivity index is 1.17. The minimum absolute atomic E-state index is 0.0975. The molecular weight excluding hydrogens is 719 g/mol. The normalized spacial score (nSPS) is 29.6. The molecule has 246 valence electrons. The van der Waals surface area contributed by atoms with Gasteiger partial charge in [-0.25, -0.2) is 4.90 Å². The van der Waals surface area contributed by atoms with E-state index in [9.17, 15) is 32.3 Å². The van der Waals surface area contributed by atoms with Crippen molar-refractivity contribution in [2.24, 2.45) is 29.6 Å². The fraction of sp³-hybridized carbons (Fsp3) is 0.455. The Bertz CT molecular complexity index is 1860. The third-order valence-electron chi connectivity index (χ3n) is 10.5. The number of nitrogens with zero attached hydrogens (tertiary/aromatic N) is 2. The number of aromatic nitrogens is 1. The van der Waals surface area contributed by atoms with E-state index in [1.54, 1.807) is 6.07 Å². The Hall–Kier alpha value is -3.10. The molecule has 5 aliphatic rings. The summed E-state index contributed by atoms with van der Waals surface area (Å²) in [7, 11) is 0.